The van der Waals surface area contributed by atoms with Gasteiger partial charge in [0.15, 0.2) is 0 Å². The summed E-state index contributed by atoms with van der Waals surface area (Å²) in [4.78, 5) is 25.2. The summed E-state index contributed by atoms with van der Waals surface area (Å²) < 4.78 is 41.5. The second-order valence-electron chi connectivity index (χ2n) is 3.83. The van der Waals surface area contributed by atoms with E-state index in [1.165, 1.54) is 0 Å². The first-order chi connectivity index (χ1) is 9.34. The molecular formula is C13H12F3NO3. The molecule has 7 heteroatoms. The van der Waals surface area contributed by atoms with Crippen molar-refractivity contribution in [2.24, 2.45) is 4.99 Å². The summed E-state index contributed by atoms with van der Waals surface area (Å²) in [5, 5.41) is 0. The number of hydrogen-bond donors (Lipinski definition) is 0. The molecule has 0 saturated carbocycles. The van der Waals surface area contributed by atoms with E-state index in [-0.39, 0.29) is 12.8 Å². The minimum atomic E-state index is -5.02. The fourth-order valence-electron chi connectivity index (χ4n) is 1.40. The van der Waals surface area contributed by atoms with Gasteiger partial charge in [0.1, 0.15) is 0 Å². The number of carbonyl (C=O) groups excluding carboxylic acids is 2. The molecule has 0 aliphatic rings. The number of hydrogen-bond acceptors (Lipinski definition) is 3. The Hall–Kier alpha value is -2.18. The Labute approximate surface area is 113 Å². The number of amides is 1. The number of ether oxygens (including phenoxy) is 1. The number of alkyl halides is 3. The molecular weight excluding hydrogens is 275 g/mol. The maximum atomic E-state index is 12.5. The Balaban J connectivity index is 2.74. The van der Waals surface area contributed by atoms with Crippen molar-refractivity contribution in [1.29, 1.82) is 0 Å². The third-order valence-electron chi connectivity index (χ3n) is 2.35. The van der Waals surface area contributed by atoms with Gasteiger partial charge in [0, 0.05) is 6.42 Å². The number of rotatable bonds is 4. The van der Waals surface area contributed by atoms with Crippen LogP contribution in [0.25, 0.3) is 0 Å². The van der Waals surface area contributed by atoms with Crippen molar-refractivity contribution >= 4 is 17.6 Å². The molecule has 0 saturated heterocycles. The molecule has 0 bridgehead atoms. The third-order valence-corrected chi connectivity index (χ3v) is 2.35. The highest BCUT2D eigenvalue weighted by atomic mass is 19.4. The highest BCUT2D eigenvalue weighted by Crippen LogP contribution is 2.18. The number of benzene rings is 1. The van der Waals surface area contributed by atoms with Crippen molar-refractivity contribution in [2.45, 2.75) is 19.0 Å². The number of methoxy groups -OCH3 is 1. The van der Waals surface area contributed by atoms with Gasteiger partial charge in [-0.25, -0.2) is 9.79 Å². The van der Waals surface area contributed by atoms with E-state index in [0.29, 0.717) is 0 Å². The van der Waals surface area contributed by atoms with Crippen LogP contribution >= 0.6 is 0 Å². The number of halogens is 3. The van der Waals surface area contributed by atoms with E-state index in [9.17, 15) is 22.8 Å². The minimum absolute atomic E-state index is 0.222. The first-order valence-corrected chi connectivity index (χ1v) is 5.65. The first-order valence-electron chi connectivity index (χ1n) is 5.65. The molecule has 0 aliphatic carbocycles. The SMILES string of the molecule is COC(=O)/C(=N/C(=O)CCc1ccccc1)C(F)(F)F. The predicted octanol–water partition coefficient (Wildman–Crippen LogP) is 2.32. The second kappa shape index (κ2) is 6.83. The lowest BCUT2D eigenvalue weighted by Crippen LogP contribution is -2.33. The summed E-state index contributed by atoms with van der Waals surface area (Å²) in [6, 6.07) is 8.75. The zero-order valence-electron chi connectivity index (χ0n) is 10.6. The van der Waals surface area contributed by atoms with E-state index in [1.54, 1.807) is 30.3 Å². The Bertz CT molecular complexity index is 509. The van der Waals surface area contributed by atoms with E-state index in [1.807, 2.05) is 0 Å². The zero-order valence-corrected chi connectivity index (χ0v) is 10.6. The lowest BCUT2D eigenvalue weighted by molar-refractivity contribution is -0.137. The lowest BCUT2D eigenvalue weighted by atomic mass is 10.1. The van der Waals surface area contributed by atoms with Crippen molar-refractivity contribution in [1.82, 2.24) is 0 Å². The molecule has 1 amide bonds. The van der Waals surface area contributed by atoms with E-state index in [0.717, 1.165) is 12.7 Å². The van der Waals surface area contributed by atoms with E-state index >= 15 is 0 Å². The molecule has 4 nitrogen and oxygen atoms in total. The van der Waals surface area contributed by atoms with Crippen molar-refractivity contribution in [3.05, 3.63) is 35.9 Å². The molecule has 1 aromatic carbocycles. The van der Waals surface area contributed by atoms with Gasteiger partial charge in [0.25, 0.3) is 0 Å². The normalized spacial score (nSPS) is 12.1. The Morgan fingerprint density at radius 3 is 2.30 bits per heavy atom. The fourth-order valence-corrected chi connectivity index (χ4v) is 1.40. The van der Waals surface area contributed by atoms with Gasteiger partial charge in [-0.15, -0.1) is 0 Å². The van der Waals surface area contributed by atoms with E-state index in [4.69, 9.17) is 0 Å². The number of aryl methyl sites for hydroxylation is 1. The maximum Gasteiger partial charge on any atom is 0.440 e. The Morgan fingerprint density at radius 1 is 1.20 bits per heavy atom. The highest BCUT2D eigenvalue weighted by Gasteiger charge is 2.42. The van der Waals surface area contributed by atoms with E-state index in [2.05, 4.69) is 9.73 Å². The predicted molar refractivity (Wildman–Crippen MR) is 65.3 cm³/mol. The van der Waals surface area contributed by atoms with Crippen molar-refractivity contribution < 1.29 is 27.5 Å². The average molecular weight is 287 g/mol. The Kier molecular flexibility index (Phi) is 5.42. The number of nitrogens with zero attached hydrogens (tertiary/aromatic N) is 1. The first kappa shape index (κ1) is 15.9. The van der Waals surface area contributed by atoms with Gasteiger partial charge in [-0.2, -0.15) is 13.2 Å². The van der Waals surface area contributed by atoms with Gasteiger partial charge < -0.3 is 4.74 Å². The fraction of sp³-hybridized carbons (Fsp3) is 0.308. The molecule has 0 N–H and O–H groups in total. The summed E-state index contributed by atoms with van der Waals surface area (Å²) in [7, 11) is 0.790. The van der Waals surface area contributed by atoms with Gasteiger partial charge in [0.05, 0.1) is 7.11 Å². The molecule has 0 aromatic heterocycles. The zero-order chi connectivity index (χ0) is 15.2. The van der Waals surface area contributed by atoms with Crippen LogP contribution in [0.1, 0.15) is 12.0 Å². The number of esters is 1. The largest absolute Gasteiger partial charge is 0.464 e. The lowest BCUT2D eigenvalue weighted by Gasteiger charge is -2.07. The van der Waals surface area contributed by atoms with Crippen LogP contribution in [0.15, 0.2) is 35.3 Å². The van der Waals surface area contributed by atoms with Crippen LogP contribution in [0.3, 0.4) is 0 Å². The van der Waals surface area contributed by atoms with Crippen LogP contribution in [0, 0.1) is 0 Å². The summed E-state index contributed by atoms with van der Waals surface area (Å²) in [6.45, 7) is 0. The number of carbonyl (C=O) groups is 2. The molecule has 1 aromatic rings. The van der Waals surface area contributed by atoms with Crippen LogP contribution in [-0.4, -0.2) is 30.9 Å². The highest BCUT2D eigenvalue weighted by molar-refractivity contribution is 6.40. The van der Waals surface area contributed by atoms with Crippen LogP contribution in [0.5, 0.6) is 0 Å². The monoisotopic (exact) mass is 287 g/mol. The van der Waals surface area contributed by atoms with Gasteiger partial charge in [0.2, 0.25) is 11.6 Å². The average Bonchev–Trinajstić information content (AvgIpc) is 2.41. The molecule has 0 heterocycles. The van der Waals surface area contributed by atoms with Crippen LogP contribution in [0.2, 0.25) is 0 Å². The van der Waals surface area contributed by atoms with Crippen LogP contribution in [-0.2, 0) is 20.7 Å². The topological polar surface area (TPSA) is 55.7 Å². The van der Waals surface area contributed by atoms with Gasteiger partial charge in [-0.3, -0.25) is 4.79 Å². The van der Waals surface area contributed by atoms with Crippen molar-refractivity contribution in [2.75, 3.05) is 7.11 Å². The molecule has 20 heavy (non-hydrogen) atoms. The summed E-state index contributed by atoms with van der Waals surface area (Å²) in [6.07, 6.45) is -4.99. The maximum absolute atomic E-state index is 12.5. The minimum Gasteiger partial charge on any atom is -0.464 e. The molecule has 0 spiro atoms. The van der Waals surface area contributed by atoms with Crippen LogP contribution < -0.4 is 0 Å². The van der Waals surface area contributed by atoms with Crippen molar-refractivity contribution in [3.63, 3.8) is 0 Å². The summed E-state index contributed by atoms with van der Waals surface area (Å²) >= 11 is 0. The molecule has 1 rings (SSSR count). The van der Waals surface area contributed by atoms with Gasteiger partial charge >= 0.3 is 12.1 Å². The van der Waals surface area contributed by atoms with Gasteiger partial charge in [-0.1, -0.05) is 30.3 Å². The summed E-state index contributed by atoms with van der Waals surface area (Å²) in [5.74, 6) is -2.70. The quantitative estimate of drug-likeness (QED) is 0.631. The van der Waals surface area contributed by atoms with Gasteiger partial charge in [-0.05, 0) is 12.0 Å². The Morgan fingerprint density at radius 2 is 1.80 bits per heavy atom. The smallest absolute Gasteiger partial charge is 0.440 e. The standard InChI is InChI=1S/C13H12F3NO3/c1-20-12(19)11(13(14,15)16)17-10(18)8-7-9-5-3-2-4-6-9/h2-6H,7-8H2,1H3/b17-11-. The summed E-state index contributed by atoms with van der Waals surface area (Å²) in [5.41, 5.74) is -1.04. The number of aliphatic imine (C=N–C) groups is 1. The molecule has 0 unspecified atom stereocenters. The molecule has 108 valence electrons. The van der Waals surface area contributed by atoms with E-state index < -0.39 is 23.8 Å². The molecule has 0 radical (unpaired) electrons. The van der Waals surface area contributed by atoms with Crippen molar-refractivity contribution in [3.8, 4) is 0 Å². The molecule has 0 atom stereocenters. The van der Waals surface area contributed by atoms with Crippen LogP contribution in [0.4, 0.5) is 13.2 Å². The molecule has 0 aliphatic heterocycles. The second-order valence-corrected chi connectivity index (χ2v) is 3.83. The third kappa shape index (κ3) is 4.83. The molecule has 0 fully saturated rings.